The summed E-state index contributed by atoms with van der Waals surface area (Å²) in [4.78, 5) is 45.0. The Balaban J connectivity index is 1.63. The first kappa shape index (κ1) is 30.0. The fourth-order valence-electron chi connectivity index (χ4n) is 4.05. The summed E-state index contributed by atoms with van der Waals surface area (Å²) in [5, 5.41) is 3.02. The number of halogens is 1. The third-order valence-corrected chi connectivity index (χ3v) is 7.86. The number of aliphatic imine (C=N–C) groups is 1. The van der Waals surface area contributed by atoms with Gasteiger partial charge in [0.2, 0.25) is 11.8 Å². The van der Waals surface area contributed by atoms with Gasteiger partial charge in [0.25, 0.3) is 0 Å². The molecule has 214 valence electrons. The molecule has 41 heavy (non-hydrogen) atoms. The average molecular weight is 596 g/mol. The number of rotatable bonds is 9. The van der Waals surface area contributed by atoms with Crippen molar-refractivity contribution >= 4 is 57.7 Å². The van der Waals surface area contributed by atoms with Crippen molar-refractivity contribution in [2.24, 2.45) is 4.99 Å². The van der Waals surface area contributed by atoms with Crippen molar-refractivity contribution in [3.63, 3.8) is 0 Å². The van der Waals surface area contributed by atoms with Gasteiger partial charge in [-0.2, -0.15) is 0 Å². The number of thioether (sulfide) groups is 1. The number of nitrogens with one attached hydrogen (secondary N) is 1. The number of benzene rings is 3. The Morgan fingerprint density at radius 3 is 2.44 bits per heavy atom. The van der Waals surface area contributed by atoms with E-state index < -0.39 is 11.2 Å². The Kier molecular flexibility index (Phi) is 9.91. The molecule has 1 aliphatic heterocycles. The number of aryl methyl sites for hydroxylation is 1. The van der Waals surface area contributed by atoms with Crippen LogP contribution in [0.2, 0.25) is 5.02 Å². The fourth-order valence-corrected chi connectivity index (χ4v) is 5.33. The quantitative estimate of drug-likeness (QED) is 0.302. The molecule has 0 radical (unpaired) electrons. The Morgan fingerprint density at radius 2 is 1.78 bits per heavy atom. The van der Waals surface area contributed by atoms with Gasteiger partial charge in [-0.15, -0.1) is 0 Å². The molecule has 0 aliphatic carbocycles. The average Bonchev–Trinajstić information content (AvgIpc) is 2.97. The molecule has 4 rings (SSSR count). The summed E-state index contributed by atoms with van der Waals surface area (Å²) in [5.41, 5.74) is 3.12. The number of anilines is 1. The molecule has 2 amide bonds. The van der Waals surface area contributed by atoms with Gasteiger partial charge in [0.05, 0.1) is 38.6 Å². The molecule has 1 fully saturated rings. The zero-order chi connectivity index (χ0) is 29.5. The third kappa shape index (κ3) is 7.39. The van der Waals surface area contributed by atoms with Crippen LogP contribution in [-0.4, -0.2) is 53.9 Å². The lowest BCUT2D eigenvalue weighted by atomic mass is 10.1. The molecule has 11 heteroatoms. The number of carbonyl (C=O) groups is 3. The van der Waals surface area contributed by atoms with E-state index in [1.165, 1.54) is 16.7 Å². The third-order valence-electron chi connectivity index (χ3n) is 6.26. The van der Waals surface area contributed by atoms with E-state index >= 15 is 0 Å². The number of esters is 1. The second kappa shape index (κ2) is 13.6. The molecule has 1 atom stereocenters. The second-order valence-corrected chi connectivity index (χ2v) is 10.7. The highest BCUT2D eigenvalue weighted by molar-refractivity contribution is 8.15. The second-order valence-electron chi connectivity index (χ2n) is 9.09. The van der Waals surface area contributed by atoms with Gasteiger partial charge in [-0.3, -0.25) is 14.5 Å². The molecule has 0 bridgehead atoms. The van der Waals surface area contributed by atoms with E-state index in [-0.39, 0.29) is 31.4 Å². The van der Waals surface area contributed by atoms with E-state index in [0.29, 0.717) is 38.6 Å². The van der Waals surface area contributed by atoms with E-state index in [1.54, 1.807) is 69.7 Å². The Bertz CT molecular complexity index is 1480. The highest BCUT2D eigenvalue weighted by atomic mass is 35.5. The molecular formula is C30H30ClN3O6S. The lowest BCUT2D eigenvalue weighted by molar-refractivity contribution is -0.129. The Morgan fingerprint density at radius 1 is 1.05 bits per heavy atom. The topological polar surface area (TPSA) is 107 Å². The zero-order valence-corrected chi connectivity index (χ0v) is 24.7. The van der Waals surface area contributed by atoms with Crippen LogP contribution in [0.15, 0.2) is 65.7 Å². The van der Waals surface area contributed by atoms with Gasteiger partial charge in [0.15, 0.2) is 16.7 Å². The number of ether oxygens (including phenoxy) is 3. The number of amides is 2. The molecule has 1 N–H and O–H groups in total. The van der Waals surface area contributed by atoms with Crippen LogP contribution >= 0.6 is 23.4 Å². The van der Waals surface area contributed by atoms with Crippen molar-refractivity contribution in [1.82, 2.24) is 4.90 Å². The fraction of sp³-hybridized carbons (Fsp3) is 0.267. The van der Waals surface area contributed by atoms with Crippen molar-refractivity contribution in [2.45, 2.75) is 32.1 Å². The standard InChI is InChI=1S/C30H30ClN3O6S/c1-5-40-29(37)20-8-11-21(12-9-20)33-30-34(17-19-7-13-24(38-3)25(14-19)39-4)27(35)16-26(41-30)28(36)32-22-10-6-18(2)23(31)15-22/h6-15,26H,5,16-17H2,1-4H3,(H,32,36). The van der Waals surface area contributed by atoms with Crippen molar-refractivity contribution in [2.75, 3.05) is 26.1 Å². The van der Waals surface area contributed by atoms with Gasteiger partial charge >= 0.3 is 5.97 Å². The molecular weight excluding hydrogens is 566 g/mol. The van der Waals surface area contributed by atoms with Gasteiger partial charge in [0.1, 0.15) is 5.25 Å². The maximum absolute atomic E-state index is 13.5. The molecule has 0 spiro atoms. The molecule has 1 heterocycles. The van der Waals surface area contributed by atoms with Gasteiger partial charge in [0, 0.05) is 17.1 Å². The van der Waals surface area contributed by atoms with E-state index in [4.69, 9.17) is 30.8 Å². The minimum atomic E-state index is -0.721. The minimum absolute atomic E-state index is 0.0236. The number of carbonyl (C=O) groups excluding carboxylic acids is 3. The monoisotopic (exact) mass is 595 g/mol. The van der Waals surface area contributed by atoms with Crippen LogP contribution in [0.4, 0.5) is 11.4 Å². The SMILES string of the molecule is CCOC(=O)c1ccc(N=C2SC(C(=O)Nc3ccc(C)c(Cl)c3)CC(=O)N2Cc2ccc(OC)c(OC)c2)cc1. The maximum Gasteiger partial charge on any atom is 0.338 e. The van der Waals surface area contributed by atoms with Crippen LogP contribution < -0.4 is 14.8 Å². The van der Waals surface area contributed by atoms with Crippen LogP contribution in [0.1, 0.15) is 34.8 Å². The molecule has 3 aromatic carbocycles. The first-order valence-electron chi connectivity index (χ1n) is 12.8. The summed E-state index contributed by atoms with van der Waals surface area (Å²) in [6, 6.07) is 17.2. The number of hydrogen-bond acceptors (Lipinski definition) is 8. The number of nitrogens with zero attached hydrogens (tertiary/aromatic N) is 2. The van der Waals surface area contributed by atoms with Gasteiger partial charge in [-0.1, -0.05) is 35.5 Å². The molecule has 0 saturated carbocycles. The highest BCUT2D eigenvalue weighted by Crippen LogP contribution is 2.33. The summed E-state index contributed by atoms with van der Waals surface area (Å²) < 4.78 is 15.8. The summed E-state index contributed by atoms with van der Waals surface area (Å²) >= 11 is 7.41. The van der Waals surface area contributed by atoms with E-state index in [0.717, 1.165) is 11.1 Å². The van der Waals surface area contributed by atoms with Crippen LogP contribution in [0, 0.1) is 6.92 Å². The molecule has 0 aromatic heterocycles. The predicted molar refractivity (Wildman–Crippen MR) is 160 cm³/mol. The van der Waals surface area contributed by atoms with Crippen molar-refractivity contribution < 1.29 is 28.6 Å². The number of hydrogen-bond donors (Lipinski definition) is 1. The molecule has 1 saturated heterocycles. The van der Waals surface area contributed by atoms with Gasteiger partial charge in [-0.05, 0) is 73.5 Å². The summed E-state index contributed by atoms with van der Waals surface area (Å²) in [6.07, 6.45) is -0.0236. The maximum atomic E-state index is 13.5. The zero-order valence-electron chi connectivity index (χ0n) is 23.1. The lowest BCUT2D eigenvalue weighted by Gasteiger charge is -2.32. The minimum Gasteiger partial charge on any atom is -0.493 e. The summed E-state index contributed by atoms with van der Waals surface area (Å²) in [5.74, 6) is 0.0714. The summed E-state index contributed by atoms with van der Waals surface area (Å²) in [7, 11) is 3.09. The molecule has 1 unspecified atom stereocenters. The van der Waals surface area contributed by atoms with E-state index in [9.17, 15) is 14.4 Å². The lowest BCUT2D eigenvalue weighted by Crippen LogP contribution is -2.44. The predicted octanol–water partition coefficient (Wildman–Crippen LogP) is 6.00. The van der Waals surface area contributed by atoms with Crippen molar-refractivity contribution in [1.29, 1.82) is 0 Å². The van der Waals surface area contributed by atoms with Crippen LogP contribution in [-0.2, 0) is 20.9 Å². The van der Waals surface area contributed by atoms with Gasteiger partial charge in [-0.25, -0.2) is 9.79 Å². The smallest absolute Gasteiger partial charge is 0.338 e. The number of methoxy groups -OCH3 is 2. The van der Waals surface area contributed by atoms with Crippen molar-refractivity contribution in [3.8, 4) is 11.5 Å². The molecule has 9 nitrogen and oxygen atoms in total. The highest BCUT2D eigenvalue weighted by Gasteiger charge is 2.36. The van der Waals surface area contributed by atoms with Crippen LogP contribution in [0.3, 0.4) is 0 Å². The Hall–Kier alpha value is -4.02. The van der Waals surface area contributed by atoms with E-state index in [1.807, 2.05) is 19.1 Å². The number of amidine groups is 1. The van der Waals surface area contributed by atoms with E-state index in [2.05, 4.69) is 5.32 Å². The van der Waals surface area contributed by atoms with Crippen molar-refractivity contribution in [3.05, 3.63) is 82.4 Å². The summed E-state index contributed by atoms with van der Waals surface area (Å²) in [6.45, 7) is 4.08. The molecule has 3 aromatic rings. The molecule has 1 aliphatic rings. The Labute approximate surface area is 247 Å². The normalized spacial score (nSPS) is 15.9. The van der Waals surface area contributed by atoms with Crippen LogP contribution in [0.5, 0.6) is 11.5 Å². The first-order valence-corrected chi connectivity index (χ1v) is 14.1. The van der Waals surface area contributed by atoms with Crippen LogP contribution in [0.25, 0.3) is 0 Å². The van der Waals surface area contributed by atoms with Gasteiger partial charge < -0.3 is 19.5 Å². The first-order chi connectivity index (χ1) is 19.7. The largest absolute Gasteiger partial charge is 0.493 e.